The van der Waals surface area contributed by atoms with Gasteiger partial charge in [-0.1, -0.05) is 0 Å². The molecule has 2 N–H and O–H groups in total. The Hall–Kier alpha value is -2.49. The molecule has 1 aliphatic rings. The van der Waals surface area contributed by atoms with Crippen LogP contribution >= 0.6 is 0 Å². The summed E-state index contributed by atoms with van der Waals surface area (Å²) in [7, 11) is -3.77. The fourth-order valence-electron chi connectivity index (χ4n) is 2.51. The highest BCUT2D eigenvalue weighted by Gasteiger charge is 2.27. The fraction of sp³-hybridized carbons (Fsp3) is 0.235. The lowest BCUT2D eigenvalue weighted by atomic mass is 10.2. The van der Waals surface area contributed by atoms with Gasteiger partial charge in [-0.15, -0.1) is 0 Å². The maximum absolute atomic E-state index is 13.0. The van der Waals surface area contributed by atoms with Crippen LogP contribution in [-0.2, 0) is 14.8 Å². The monoisotopic (exact) mass is 380 g/mol. The molecule has 0 aromatic heterocycles. The highest BCUT2D eigenvalue weighted by molar-refractivity contribution is 7.89. The van der Waals surface area contributed by atoms with Gasteiger partial charge in [0.25, 0.3) is 5.91 Å². The molecule has 0 aliphatic carbocycles. The number of aromatic hydroxyl groups is 1. The smallest absolute Gasteiger partial charge is 0.255 e. The molecule has 0 spiro atoms. The first kappa shape index (κ1) is 18.3. The Morgan fingerprint density at radius 3 is 2.42 bits per heavy atom. The standard InChI is InChI=1S/C17H17FN2O5S/c18-13-3-1-12(2-4-13)17(22)19-15-11-14(5-6-16(15)21)26(23,24)20-7-9-25-10-8-20/h1-6,11,21H,7-10H2,(H,19,22). The van der Waals surface area contributed by atoms with Crippen molar-refractivity contribution < 1.29 is 27.4 Å². The van der Waals surface area contributed by atoms with E-state index < -0.39 is 21.7 Å². The van der Waals surface area contributed by atoms with Crippen LogP contribution in [0.2, 0.25) is 0 Å². The van der Waals surface area contributed by atoms with Gasteiger partial charge in [0.15, 0.2) is 0 Å². The zero-order valence-electron chi connectivity index (χ0n) is 13.7. The van der Waals surface area contributed by atoms with E-state index in [1.807, 2.05) is 0 Å². The summed E-state index contributed by atoms with van der Waals surface area (Å²) >= 11 is 0. The first-order valence-corrected chi connectivity index (χ1v) is 9.30. The molecule has 0 atom stereocenters. The van der Waals surface area contributed by atoms with Gasteiger partial charge in [0.1, 0.15) is 11.6 Å². The van der Waals surface area contributed by atoms with Crippen LogP contribution in [0.1, 0.15) is 10.4 Å². The molecule has 2 aromatic carbocycles. The molecule has 1 amide bonds. The largest absolute Gasteiger partial charge is 0.506 e. The van der Waals surface area contributed by atoms with Crippen LogP contribution in [0.25, 0.3) is 0 Å². The molecule has 1 fully saturated rings. The average molecular weight is 380 g/mol. The number of hydrogen-bond acceptors (Lipinski definition) is 5. The predicted octanol–water partition coefficient (Wildman–Crippen LogP) is 1.80. The van der Waals surface area contributed by atoms with Crippen molar-refractivity contribution in [1.82, 2.24) is 4.31 Å². The lowest BCUT2D eigenvalue weighted by Gasteiger charge is -2.26. The number of anilines is 1. The number of carbonyl (C=O) groups is 1. The first-order valence-electron chi connectivity index (χ1n) is 7.86. The number of halogens is 1. The summed E-state index contributed by atoms with van der Waals surface area (Å²) < 4.78 is 44.7. The molecule has 3 rings (SSSR count). The number of phenolic OH excluding ortho intramolecular Hbond substituents is 1. The number of nitrogens with one attached hydrogen (secondary N) is 1. The molecule has 2 aromatic rings. The Balaban J connectivity index is 1.85. The van der Waals surface area contributed by atoms with E-state index in [-0.39, 0.29) is 35.0 Å². The predicted molar refractivity (Wildman–Crippen MR) is 92.0 cm³/mol. The zero-order valence-corrected chi connectivity index (χ0v) is 14.5. The normalized spacial score (nSPS) is 15.6. The third kappa shape index (κ3) is 3.85. The maximum atomic E-state index is 13.0. The lowest BCUT2D eigenvalue weighted by Crippen LogP contribution is -2.40. The van der Waals surface area contributed by atoms with Crippen molar-refractivity contribution in [1.29, 1.82) is 0 Å². The van der Waals surface area contributed by atoms with Gasteiger partial charge in [0.2, 0.25) is 10.0 Å². The van der Waals surface area contributed by atoms with E-state index >= 15 is 0 Å². The number of rotatable bonds is 4. The van der Waals surface area contributed by atoms with Gasteiger partial charge in [-0.25, -0.2) is 12.8 Å². The molecule has 9 heteroatoms. The summed E-state index contributed by atoms with van der Waals surface area (Å²) in [5.74, 6) is -1.36. The van der Waals surface area contributed by atoms with Crippen LogP contribution in [0.5, 0.6) is 5.75 Å². The number of ether oxygens (including phenoxy) is 1. The van der Waals surface area contributed by atoms with Crippen LogP contribution in [0.3, 0.4) is 0 Å². The van der Waals surface area contributed by atoms with Crippen molar-refractivity contribution in [2.24, 2.45) is 0 Å². The molecule has 1 aliphatic heterocycles. The van der Waals surface area contributed by atoms with Crippen molar-refractivity contribution >= 4 is 21.6 Å². The molecule has 26 heavy (non-hydrogen) atoms. The number of sulfonamides is 1. The third-order valence-electron chi connectivity index (χ3n) is 3.93. The van der Waals surface area contributed by atoms with Crippen molar-refractivity contribution in [3.63, 3.8) is 0 Å². The van der Waals surface area contributed by atoms with Crippen LogP contribution in [0, 0.1) is 5.82 Å². The number of phenols is 1. The Kier molecular flexibility index (Phi) is 5.21. The van der Waals surface area contributed by atoms with E-state index in [4.69, 9.17) is 4.74 Å². The molecular formula is C17H17FN2O5S. The molecule has 138 valence electrons. The Morgan fingerprint density at radius 2 is 1.77 bits per heavy atom. The number of nitrogens with zero attached hydrogens (tertiary/aromatic N) is 1. The van der Waals surface area contributed by atoms with E-state index in [0.717, 1.165) is 12.1 Å². The van der Waals surface area contributed by atoms with E-state index in [0.29, 0.717) is 13.2 Å². The number of benzene rings is 2. The average Bonchev–Trinajstić information content (AvgIpc) is 2.64. The SMILES string of the molecule is O=C(Nc1cc(S(=O)(=O)N2CCOCC2)ccc1O)c1ccc(F)cc1. The Labute approximate surface area is 150 Å². The van der Waals surface area contributed by atoms with E-state index in [1.54, 1.807) is 0 Å². The third-order valence-corrected chi connectivity index (χ3v) is 5.83. The van der Waals surface area contributed by atoms with E-state index in [9.17, 15) is 22.7 Å². The molecule has 0 unspecified atom stereocenters. The zero-order chi connectivity index (χ0) is 18.7. The van der Waals surface area contributed by atoms with Crippen molar-refractivity contribution in [2.75, 3.05) is 31.6 Å². The molecule has 7 nitrogen and oxygen atoms in total. The fourth-order valence-corrected chi connectivity index (χ4v) is 3.94. The maximum Gasteiger partial charge on any atom is 0.255 e. The van der Waals surface area contributed by atoms with Crippen LogP contribution in [0.4, 0.5) is 10.1 Å². The van der Waals surface area contributed by atoms with Gasteiger partial charge in [-0.3, -0.25) is 4.79 Å². The van der Waals surface area contributed by atoms with Gasteiger partial charge in [-0.05, 0) is 42.5 Å². The second kappa shape index (κ2) is 7.40. The van der Waals surface area contributed by atoms with Gasteiger partial charge in [-0.2, -0.15) is 4.31 Å². The molecule has 1 saturated heterocycles. The second-order valence-electron chi connectivity index (χ2n) is 5.66. The van der Waals surface area contributed by atoms with Gasteiger partial charge in [0.05, 0.1) is 23.8 Å². The van der Waals surface area contributed by atoms with Crippen molar-refractivity contribution in [3.05, 3.63) is 53.8 Å². The van der Waals surface area contributed by atoms with Crippen molar-refractivity contribution in [3.8, 4) is 5.75 Å². The van der Waals surface area contributed by atoms with Crippen LogP contribution in [0.15, 0.2) is 47.4 Å². The van der Waals surface area contributed by atoms with Gasteiger partial charge in [0, 0.05) is 18.7 Å². The number of amides is 1. The summed E-state index contributed by atoms with van der Waals surface area (Å²) in [6.07, 6.45) is 0. The van der Waals surface area contributed by atoms with Crippen molar-refractivity contribution in [2.45, 2.75) is 4.90 Å². The Morgan fingerprint density at radius 1 is 1.12 bits per heavy atom. The molecule has 0 bridgehead atoms. The number of carbonyl (C=O) groups excluding carboxylic acids is 1. The highest BCUT2D eigenvalue weighted by Crippen LogP contribution is 2.28. The van der Waals surface area contributed by atoms with E-state index in [1.165, 1.54) is 34.6 Å². The topological polar surface area (TPSA) is 95.9 Å². The second-order valence-corrected chi connectivity index (χ2v) is 7.59. The molecule has 0 saturated carbocycles. The van der Waals surface area contributed by atoms with Gasteiger partial charge >= 0.3 is 0 Å². The minimum absolute atomic E-state index is 0.0475. The van der Waals surface area contributed by atoms with Crippen LogP contribution < -0.4 is 5.32 Å². The first-order chi connectivity index (χ1) is 12.4. The minimum Gasteiger partial charge on any atom is -0.506 e. The number of hydrogen-bond donors (Lipinski definition) is 2. The minimum atomic E-state index is -3.77. The molecule has 0 radical (unpaired) electrons. The summed E-state index contributed by atoms with van der Waals surface area (Å²) in [4.78, 5) is 12.2. The molecule has 1 heterocycles. The summed E-state index contributed by atoms with van der Waals surface area (Å²) in [5, 5.41) is 12.4. The lowest BCUT2D eigenvalue weighted by molar-refractivity contribution is 0.0730. The van der Waals surface area contributed by atoms with E-state index in [2.05, 4.69) is 5.32 Å². The number of morpholine rings is 1. The quantitative estimate of drug-likeness (QED) is 0.789. The summed E-state index contributed by atoms with van der Waals surface area (Å²) in [6.45, 7) is 1.10. The Bertz CT molecular complexity index is 909. The molecular weight excluding hydrogens is 363 g/mol. The van der Waals surface area contributed by atoms with Gasteiger partial charge < -0.3 is 15.2 Å². The highest BCUT2D eigenvalue weighted by atomic mass is 32.2. The van der Waals surface area contributed by atoms with Crippen LogP contribution in [-0.4, -0.2) is 50.0 Å². The summed E-state index contributed by atoms with van der Waals surface area (Å²) in [6, 6.07) is 8.51. The summed E-state index contributed by atoms with van der Waals surface area (Å²) in [5.41, 5.74) is 0.126.